The third-order valence-corrected chi connectivity index (χ3v) is 2.39. The van der Waals surface area contributed by atoms with Crippen LogP contribution in [0.1, 0.15) is 10.4 Å². The molecule has 0 radical (unpaired) electrons. The Labute approximate surface area is 116 Å². The van der Waals surface area contributed by atoms with E-state index in [2.05, 4.69) is 15.4 Å². The zero-order valence-electron chi connectivity index (χ0n) is 11.3. The Morgan fingerprint density at radius 2 is 1.80 bits per heavy atom. The molecule has 0 aromatic heterocycles. The largest absolute Gasteiger partial charge is 0.497 e. The molecule has 0 aliphatic rings. The minimum Gasteiger partial charge on any atom is -0.497 e. The third kappa shape index (κ3) is 4.97. The van der Waals surface area contributed by atoms with Gasteiger partial charge in [-0.05, 0) is 24.3 Å². The van der Waals surface area contributed by atoms with E-state index in [9.17, 15) is 14.4 Å². The third-order valence-electron chi connectivity index (χ3n) is 2.39. The lowest BCUT2D eigenvalue weighted by Crippen LogP contribution is -2.33. The molecule has 2 amide bonds. The van der Waals surface area contributed by atoms with Crippen molar-refractivity contribution < 1.29 is 23.9 Å². The average molecular weight is 280 g/mol. The number of carbonyl (C=O) groups is 3. The predicted molar refractivity (Wildman–Crippen MR) is 70.4 cm³/mol. The fourth-order valence-corrected chi connectivity index (χ4v) is 1.27. The molecular weight excluding hydrogens is 264 g/mol. The summed E-state index contributed by atoms with van der Waals surface area (Å²) in [5, 5.41) is 4.70. The highest BCUT2D eigenvalue weighted by Crippen LogP contribution is 2.10. The Hall–Kier alpha value is -2.57. The molecular formula is C13H16N2O5. The summed E-state index contributed by atoms with van der Waals surface area (Å²) in [4.78, 5) is 33.8. The highest BCUT2D eigenvalue weighted by molar-refractivity contribution is 5.96. The molecule has 0 atom stereocenters. The van der Waals surface area contributed by atoms with Gasteiger partial charge in [0.15, 0.2) is 6.61 Å². The first-order valence-electron chi connectivity index (χ1n) is 5.85. The topological polar surface area (TPSA) is 93.7 Å². The molecule has 2 N–H and O–H groups in total. The van der Waals surface area contributed by atoms with Crippen LogP contribution in [-0.4, -0.2) is 45.1 Å². The highest BCUT2D eigenvalue weighted by atomic mass is 16.5. The SMILES string of the molecule is CNC(=O)COC(=O)CNC(=O)c1ccc(OC)cc1. The molecule has 0 aliphatic carbocycles. The van der Waals surface area contributed by atoms with Crippen molar-refractivity contribution >= 4 is 17.8 Å². The predicted octanol–water partition coefficient (Wildman–Crippen LogP) is -0.286. The van der Waals surface area contributed by atoms with E-state index in [-0.39, 0.29) is 13.2 Å². The number of hydrogen-bond donors (Lipinski definition) is 2. The fourth-order valence-electron chi connectivity index (χ4n) is 1.27. The molecule has 7 heteroatoms. The number of likely N-dealkylation sites (N-methyl/N-ethyl adjacent to an activating group) is 1. The van der Waals surface area contributed by atoms with E-state index in [4.69, 9.17) is 4.74 Å². The summed E-state index contributed by atoms with van der Waals surface area (Å²) in [5.74, 6) is -0.883. The van der Waals surface area contributed by atoms with Gasteiger partial charge in [0.1, 0.15) is 12.3 Å². The first-order valence-corrected chi connectivity index (χ1v) is 5.85. The van der Waals surface area contributed by atoms with Gasteiger partial charge in [-0.15, -0.1) is 0 Å². The lowest BCUT2D eigenvalue weighted by molar-refractivity contribution is -0.147. The molecule has 108 valence electrons. The Morgan fingerprint density at radius 3 is 2.35 bits per heavy atom. The Bertz CT molecular complexity index is 484. The molecule has 1 aromatic carbocycles. The van der Waals surface area contributed by atoms with Gasteiger partial charge in [0.25, 0.3) is 11.8 Å². The lowest BCUT2D eigenvalue weighted by Gasteiger charge is -2.06. The van der Waals surface area contributed by atoms with Crippen molar-refractivity contribution in [3.8, 4) is 5.75 Å². The Balaban J connectivity index is 2.38. The van der Waals surface area contributed by atoms with Crippen LogP contribution in [0.4, 0.5) is 0 Å². The molecule has 7 nitrogen and oxygen atoms in total. The second-order valence-electron chi connectivity index (χ2n) is 3.75. The van der Waals surface area contributed by atoms with Gasteiger partial charge in [0.05, 0.1) is 7.11 Å². The van der Waals surface area contributed by atoms with Crippen LogP contribution in [0, 0.1) is 0 Å². The average Bonchev–Trinajstić information content (AvgIpc) is 2.50. The molecule has 0 unspecified atom stereocenters. The van der Waals surface area contributed by atoms with Crippen LogP contribution in [0.25, 0.3) is 0 Å². The van der Waals surface area contributed by atoms with Gasteiger partial charge < -0.3 is 20.1 Å². The quantitative estimate of drug-likeness (QED) is 0.699. The molecule has 1 aromatic rings. The summed E-state index contributed by atoms with van der Waals surface area (Å²) >= 11 is 0. The number of rotatable bonds is 6. The van der Waals surface area contributed by atoms with Crippen molar-refractivity contribution in [2.24, 2.45) is 0 Å². The summed E-state index contributed by atoms with van der Waals surface area (Å²) in [6.45, 7) is -0.671. The smallest absolute Gasteiger partial charge is 0.325 e. The normalized spacial score (nSPS) is 9.50. The molecule has 0 fully saturated rings. The Morgan fingerprint density at radius 1 is 1.15 bits per heavy atom. The summed E-state index contributed by atoms with van der Waals surface area (Å²) in [5.41, 5.74) is 0.393. The van der Waals surface area contributed by atoms with Crippen molar-refractivity contribution in [3.63, 3.8) is 0 Å². The molecule has 1 rings (SSSR count). The van der Waals surface area contributed by atoms with E-state index in [1.807, 2.05) is 0 Å². The number of hydrogen-bond acceptors (Lipinski definition) is 5. The summed E-state index contributed by atoms with van der Waals surface area (Å²) in [6.07, 6.45) is 0. The maximum atomic E-state index is 11.7. The summed E-state index contributed by atoms with van der Waals surface area (Å²) in [6, 6.07) is 6.42. The lowest BCUT2D eigenvalue weighted by atomic mass is 10.2. The minimum absolute atomic E-state index is 0.304. The monoisotopic (exact) mass is 280 g/mol. The van der Waals surface area contributed by atoms with Crippen LogP contribution in [0.2, 0.25) is 0 Å². The Kier molecular flexibility index (Phi) is 6.02. The zero-order valence-corrected chi connectivity index (χ0v) is 11.3. The van der Waals surface area contributed by atoms with E-state index in [1.165, 1.54) is 14.2 Å². The number of ether oxygens (including phenoxy) is 2. The molecule has 0 bridgehead atoms. The number of carbonyl (C=O) groups excluding carboxylic acids is 3. The number of methoxy groups -OCH3 is 1. The number of nitrogens with one attached hydrogen (secondary N) is 2. The summed E-state index contributed by atoms with van der Waals surface area (Å²) in [7, 11) is 2.96. The van der Waals surface area contributed by atoms with E-state index in [0.29, 0.717) is 11.3 Å². The van der Waals surface area contributed by atoms with Gasteiger partial charge in [-0.3, -0.25) is 14.4 Å². The first-order chi connectivity index (χ1) is 9.56. The van der Waals surface area contributed by atoms with Crippen LogP contribution in [0.5, 0.6) is 5.75 Å². The molecule has 20 heavy (non-hydrogen) atoms. The maximum absolute atomic E-state index is 11.7. The van der Waals surface area contributed by atoms with E-state index < -0.39 is 17.8 Å². The van der Waals surface area contributed by atoms with Crippen LogP contribution in [0.15, 0.2) is 24.3 Å². The molecule has 0 aliphatic heterocycles. The molecule has 0 saturated heterocycles. The van der Waals surface area contributed by atoms with Gasteiger partial charge in [-0.2, -0.15) is 0 Å². The fraction of sp³-hybridized carbons (Fsp3) is 0.308. The van der Waals surface area contributed by atoms with Gasteiger partial charge in [0.2, 0.25) is 0 Å². The van der Waals surface area contributed by atoms with Crippen molar-refractivity contribution in [3.05, 3.63) is 29.8 Å². The van der Waals surface area contributed by atoms with E-state index in [0.717, 1.165) is 0 Å². The van der Waals surface area contributed by atoms with E-state index >= 15 is 0 Å². The number of benzene rings is 1. The van der Waals surface area contributed by atoms with Crippen molar-refractivity contribution in [1.29, 1.82) is 0 Å². The standard InChI is InChI=1S/C13H16N2O5/c1-14-11(16)8-20-12(17)7-15-13(18)9-3-5-10(19-2)6-4-9/h3-6H,7-8H2,1-2H3,(H,14,16)(H,15,18). The molecule has 0 saturated carbocycles. The van der Waals surface area contributed by atoms with Crippen molar-refractivity contribution in [2.75, 3.05) is 27.3 Å². The van der Waals surface area contributed by atoms with Crippen molar-refractivity contribution in [1.82, 2.24) is 10.6 Å². The van der Waals surface area contributed by atoms with E-state index in [1.54, 1.807) is 24.3 Å². The zero-order chi connectivity index (χ0) is 15.0. The van der Waals surface area contributed by atoms with Crippen molar-refractivity contribution in [2.45, 2.75) is 0 Å². The second-order valence-corrected chi connectivity index (χ2v) is 3.75. The van der Waals surface area contributed by atoms with Gasteiger partial charge >= 0.3 is 5.97 Å². The first kappa shape index (κ1) is 15.5. The second kappa shape index (κ2) is 7.78. The van der Waals surface area contributed by atoms with Gasteiger partial charge in [0, 0.05) is 12.6 Å². The minimum atomic E-state index is -0.685. The summed E-state index contributed by atoms with van der Waals surface area (Å²) < 4.78 is 9.60. The van der Waals surface area contributed by atoms with Crippen LogP contribution in [-0.2, 0) is 14.3 Å². The molecule has 0 spiro atoms. The van der Waals surface area contributed by atoms with Gasteiger partial charge in [-0.25, -0.2) is 0 Å². The molecule has 0 heterocycles. The number of amides is 2. The maximum Gasteiger partial charge on any atom is 0.325 e. The van der Waals surface area contributed by atoms with Crippen LogP contribution < -0.4 is 15.4 Å². The van der Waals surface area contributed by atoms with Crippen LogP contribution >= 0.6 is 0 Å². The highest BCUT2D eigenvalue weighted by Gasteiger charge is 2.10. The van der Waals surface area contributed by atoms with Gasteiger partial charge in [-0.1, -0.05) is 0 Å². The number of esters is 1. The van der Waals surface area contributed by atoms with Crippen LogP contribution in [0.3, 0.4) is 0 Å².